The molecule has 2 N–H and O–H groups in total. The Morgan fingerprint density at radius 1 is 0.919 bits per heavy atom. The third-order valence-electron chi connectivity index (χ3n) is 6.43. The van der Waals surface area contributed by atoms with E-state index in [4.69, 9.17) is 15.0 Å². The summed E-state index contributed by atoms with van der Waals surface area (Å²) in [4.78, 5) is 18.3. The number of aliphatic hydroxyl groups is 1. The van der Waals surface area contributed by atoms with Crippen LogP contribution in [0.15, 0.2) is 78.4 Å². The maximum Gasteiger partial charge on any atom is 0.335 e. The number of fused-ring (bicyclic) bond motifs is 1. The Kier molecular flexibility index (Phi) is 15.2. The van der Waals surface area contributed by atoms with Gasteiger partial charge in [0, 0.05) is 6.61 Å². The van der Waals surface area contributed by atoms with Crippen LogP contribution in [0.5, 0.6) is 0 Å². The minimum atomic E-state index is -0.875. The Labute approximate surface area is 222 Å². The fourth-order valence-electron chi connectivity index (χ4n) is 3.82. The number of benzene rings is 3. The summed E-state index contributed by atoms with van der Waals surface area (Å²) < 4.78 is 0. The summed E-state index contributed by atoms with van der Waals surface area (Å²) in [6.07, 6.45) is 7.98. The average Bonchev–Trinajstić information content (AvgIpc) is 3.34. The Morgan fingerprint density at radius 2 is 1.54 bits per heavy atom. The molecule has 1 unspecified atom stereocenters. The van der Waals surface area contributed by atoms with Crippen molar-refractivity contribution in [1.82, 2.24) is 0 Å². The van der Waals surface area contributed by atoms with Crippen LogP contribution < -0.4 is 0 Å². The summed E-state index contributed by atoms with van der Waals surface area (Å²) in [7, 11) is 0. The van der Waals surface area contributed by atoms with Gasteiger partial charge >= 0.3 is 5.97 Å². The lowest BCUT2D eigenvalue weighted by molar-refractivity contribution is -0.0980. The third-order valence-corrected chi connectivity index (χ3v) is 6.43. The molecule has 0 radical (unpaired) electrons. The predicted octanol–water partition coefficient (Wildman–Crippen LogP) is 7.49. The molecular formula is C33H42O4. The van der Waals surface area contributed by atoms with Crippen molar-refractivity contribution in [2.45, 2.75) is 59.8 Å². The Balaban J connectivity index is 0.000000306. The van der Waals surface area contributed by atoms with Crippen molar-refractivity contribution in [3.05, 3.63) is 112 Å². The lowest BCUT2D eigenvalue weighted by Gasteiger charge is -2.06. The largest absolute Gasteiger partial charge is 0.478 e. The molecule has 0 fully saturated rings. The lowest BCUT2D eigenvalue weighted by Crippen LogP contribution is -1.94. The van der Waals surface area contributed by atoms with Gasteiger partial charge in [-0.15, -0.1) is 0 Å². The van der Waals surface area contributed by atoms with Crippen LogP contribution in [0.2, 0.25) is 0 Å². The van der Waals surface area contributed by atoms with Crippen LogP contribution >= 0.6 is 0 Å². The molecule has 0 amide bonds. The zero-order valence-electron chi connectivity index (χ0n) is 22.7. The van der Waals surface area contributed by atoms with Crippen molar-refractivity contribution in [2.24, 2.45) is 5.92 Å². The molecule has 0 spiro atoms. The molecule has 4 heteroatoms. The number of allylic oxidation sites excluding steroid dienone is 1. The first kappa shape index (κ1) is 31.5. The number of aryl methyl sites for hydroxylation is 3. The zero-order valence-corrected chi connectivity index (χ0v) is 22.7. The lowest BCUT2D eigenvalue weighted by atomic mass is 10.00. The number of carbonyl (C=O) groups is 2. The van der Waals surface area contributed by atoms with Gasteiger partial charge in [0.15, 0.2) is 0 Å². The van der Waals surface area contributed by atoms with Crippen molar-refractivity contribution < 1.29 is 19.8 Å². The van der Waals surface area contributed by atoms with Crippen molar-refractivity contribution in [3.8, 4) is 0 Å². The van der Waals surface area contributed by atoms with E-state index in [1.807, 2.05) is 13.7 Å². The molecule has 4 nitrogen and oxygen atoms in total. The molecule has 198 valence electrons. The predicted molar refractivity (Wildman–Crippen MR) is 154 cm³/mol. The van der Waals surface area contributed by atoms with Crippen LogP contribution in [-0.2, 0) is 17.6 Å². The summed E-state index contributed by atoms with van der Waals surface area (Å²) in [5.74, 6) is -0.176. The summed E-state index contributed by atoms with van der Waals surface area (Å²) in [5, 5.41) is 16.8. The van der Waals surface area contributed by atoms with E-state index in [2.05, 4.69) is 75.4 Å². The second kappa shape index (κ2) is 17.9. The first-order valence-corrected chi connectivity index (χ1v) is 12.9. The number of rotatable bonds is 7. The summed E-state index contributed by atoms with van der Waals surface area (Å²) in [6, 6.07) is 24.2. The van der Waals surface area contributed by atoms with Gasteiger partial charge in [-0.05, 0) is 79.8 Å². The first-order valence-electron chi connectivity index (χ1n) is 12.9. The SMILES string of the molecule is C=O.CCC(C)CCO.Cc1ccc(C(=O)O)cc1.Cc1ccccc1CCC1=Cc2ccccc2C1. The van der Waals surface area contributed by atoms with Crippen LogP contribution in [0.4, 0.5) is 0 Å². The van der Waals surface area contributed by atoms with Gasteiger partial charge in [-0.2, -0.15) is 0 Å². The Hall–Kier alpha value is -3.50. The number of aromatic carboxylic acids is 1. The van der Waals surface area contributed by atoms with E-state index in [1.165, 1.54) is 35.1 Å². The second-order valence-electron chi connectivity index (χ2n) is 9.30. The van der Waals surface area contributed by atoms with E-state index in [1.54, 1.807) is 29.8 Å². The van der Waals surface area contributed by atoms with Gasteiger partial charge in [0.2, 0.25) is 0 Å². The molecule has 0 bridgehead atoms. The van der Waals surface area contributed by atoms with Crippen molar-refractivity contribution in [3.63, 3.8) is 0 Å². The normalized spacial score (nSPS) is 11.8. The van der Waals surface area contributed by atoms with Crippen LogP contribution in [-0.4, -0.2) is 29.6 Å². The number of carbonyl (C=O) groups excluding carboxylic acids is 1. The van der Waals surface area contributed by atoms with Gasteiger partial charge in [0.25, 0.3) is 0 Å². The first-order chi connectivity index (χ1) is 17.8. The second-order valence-corrected chi connectivity index (χ2v) is 9.30. The van der Waals surface area contributed by atoms with Gasteiger partial charge in [-0.1, -0.05) is 98.1 Å². The highest BCUT2D eigenvalue weighted by Gasteiger charge is 2.11. The molecule has 0 heterocycles. The third kappa shape index (κ3) is 11.9. The van der Waals surface area contributed by atoms with Crippen LogP contribution in [0.1, 0.15) is 71.3 Å². The van der Waals surface area contributed by atoms with E-state index in [-0.39, 0.29) is 0 Å². The minimum Gasteiger partial charge on any atom is -0.478 e. The van der Waals surface area contributed by atoms with E-state index in [0.29, 0.717) is 18.1 Å². The average molecular weight is 503 g/mol. The topological polar surface area (TPSA) is 74.6 Å². The monoisotopic (exact) mass is 502 g/mol. The van der Waals surface area contributed by atoms with Gasteiger partial charge in [0.05, 0.1) is 5.56 Å². The number of carboxylic acid groups (broad SMARTS) is 1. The van der Waals surface area contributed by atoms with Crippen LogP contribution in [0.3, 0.4) is 0 Å². The summed E-state index contributed by atoms with van der Waals surface area (Å²) >= 11 is 0. The van der Waals surface area contributed by atoms with E-state index in [9.17, 15) is 4.79 Å². The van der Waals surface area contributed by atoms with Gasteiger partial charge in [0.1, 0.15) is 6.79 Å². The zero-order chi connectivity index (χ0) is 27.6. The van der Waals surface area contributed by atoms with E-state index in [0.717, 1.165) is 24.8 Å². The number of carboxylic acids is 1. The van der Waals surface area contributed by atoms with Crippen molar-refractivity contribution in [2.75, 3.05) is 6.61 Å². The highest BCUT2D eigenvalue weighted by molar-refractivity contribution is 5.87. The Bertz CT molecular complexity index is 1100. The van der Waals surface area contributed by atoms with Gasteiger partial charge < -0.3 is 15.0 Å². The molecule has 1 atom stereocenters. The number of hydrogen-bond acceptors (Lipinski definition) is 3. The Morgan fingerprint density at radius 3 is 2.08 bits per heavy atom. The fraction of sp³-hybridized carbons (Fsp3) is 0.333. The van der Waals surface area contributed by atoms with E-state index < -0.39 is 5.97 Å². The maximum absolute atomic E-state index is 10.3. The molecule has 37 heavy (non-hydrogen) atoms. The minimum absolute atomic E-state index is 0.339. The van der Waals surface area contributed by atoms with Crippen molar-refractivity contribution in [1.29, 1.82) is 0 Å². The molecule has 0 saturated heterocycles. The number of hydrogen-bond donors (Lipinski definition) is 2. The summed E-state index contributed by atoms with van der Waals surface area (Å²) in [6.45, 7) is 10.8. The van der Waals surface area contributed by atoms with Crippen LogP contribution in [0, 0.1) is 19.8 Å². The maximum atomic E-state index is 10.3. The number of aliphatic hydroxyl groups excluding tert-OH is 1. The molecule has 0 aromatic heterocycles. The van der Waals surface area contributed by atoms with Gasteiger partial charge in [-0.3, -0.25) is 0 Å². The summed E-state index contributed by atoms with van der Waals surface area (Å²) in [5.41, 5.74) is 8.77. The molecule has 3 aromatic carbocycles. The molecule has 1 aliphatic rings. The fourth-order valence-corrected chi connectivity index (χ4v) is 3.82. The molecule has 0 saturated carbocycles. The molecule has 4 rings (SSSR count). The molecule has 0 aliphatic heterocycles. The van der Waals surface area contributed by atoms with E-state index >= 15 is 0 Å². The smallest absolute Gasteiger partial charge is 0.335 e. The highest BCUT2D eigenvalue weighted by atomic mass is 16.4. The van der Waals surface area contributed by atoms with Crippen LogP contribution in [0.25, 0.3) is 6.08 Å². The van der Waals surface area contributed by atoms with Crippen molar-refractivity contribution >= 4 is 18.8 Å². The molecular weight excluding hydrogens is 460 g/mol. The quantitative estimate of drug-likeness (QED) is 0.351. The van der Waals surface area contributed by atoms with Gasteiger partial charge in [-0.25, -0.2) is 4.79 Å². The standard InChI is InChI=1S/C18H18.C8H8O2.C6H14O.CH2O/c1-14-6-2-3-7-16(14)11-10-15-12-17-8-4-5-9-18(17)13-15;1-6-2-4-7(5-3-6)8(9)10;1-3-6(2)4-5-7;1-2/h2-9,12H,10-11,13H2,1H3;2-5H,1H3,(H,9,10);6-7H,3-5H2,1-2H3;1H2. The molecule has 3 aromatic rings. The highest BCUT2D eigenvalue weighted by Crippen LogP contribution is 2.27. The molecule has 1 aliphatic carbocycles.